The van der Waals surface area contributed by atoms with E-state index in [4.69, 9.17) is 27.9 Å². The number of rotatable bonds is 7. The molecule has 0 heterocycles. The lowest BCUT2D eigenvalue weighted by molar-refractivity contribution is 0.102. The summed E-state index contributed by atoms with van der Waals surface area (Å²) in [7, 11) is -3.14. The van der Waals surface area contributed by atoms with Gasteiger partial charge in [0.1, 0.15) is 16.3 Å². The lowest BCUT2D eigenvalue weighted by Gasteiger charge is -2.12. The third kappa shape index (κ3) is 5.58. The molecule has 196 valence electrons. The third-order valence-corrected chi connectivity index (χ3v) is 7.31. The van der Waals surface area contributed by atoms with E-state index in [1.165, 1.54) is 25.3 Å². The van der Waals surface area contributed by atoms with Crippen molar-refractivity contribution < 1.29 is 27.6 Å². The summed E-state index contributed by atoms with van der Waals surface area (Å²) in [5, 5.41) is 23.4. The number of hydrogen-bond donors (Lipinski definition) is 3. The number of azo groups is 1. The minimum Gasteiger partial charge on any atom is -0.505 e. The number of carbonyl (C=O) groups is 1. The lowest BCUT2D eigenvalue weighted by atomic mass is 10.0. The van der Waals surface area contributed by atoms with Crippen molar-refractivity contribution in [1.29, 1.82) is 0 Å². The van der Waals surface area contributed by atoms with Crippen molar-refractivity contribution in [2.24, 2.45) is 10.2 Å². The Kier molecular flexibility index (Phi) is 7.89. The van der Waals surface area contributed by atoms with Gasteiger partial charge in [0.25, 0.3) is 16.0 Å². The highest BCUT2D eigenvalue weighted by atomic mass is 35.5. The summed E-state index contributed by atoms with van der Waals surface area (Å²) in [6.45, 7) is 1.81. The molecule has 4 rings (SSSR count). The highest BCUT2D eigenvalue weighted by molar-refractivity contribution is 7.86. The normalized spacial score (nSPS) is 11.7. The monoisotopic (exact) mass is 573 g/mol. The standard InChI is InChI=1S/C26H21Cl2N3O6S/c1-3-14-11-20(28)23(38(34,35)36)13-21(14)30-31-24-17-7-5-4-6-15(17)10-18(25(24)32)26(33)29-16-8-9-22(37-2)19(27)12-16/h4-13,32H,3H2,1-2H3,(H,29,33)(H,34,35,36). The van der Waals surface area contributed by atoms with Gasteiger partial charge < -0.3 is 15.2 Å². The van der Waals surface area contributed by atoms with E-state index in [1.54, 1.807) is 43.3 Å². The maximum atomic E-state index is 13.1. The van der Waals surface area contributed by atoms with Crippen LogP contribution in [0, 0.1) is 0 Å². The number of fused-ring (bicyclic) bond motifs is 1. The first-order chi connectivity index (χ1) is 18.0. The van der Waals surface area contributed by atoms with Gasteiger partial charge in [-0.3, -0.25) is 9.35 Å². The number of carbonyl (C=O) groups excluding carboxylic acids is 1. The van der Waals surface area contributed by atoms with E-state index >= 15 is 0 Å². The number of phenols is 1. The Morgan fingerprint density at radius 1 is 1.03 bits per heavy atom. The van der Waals surface area contributed by atoms with Crippen LogP contribution in [0.4, 0.5) is 17.1 Å². The molecule has 4 aromatic rings. The summed E-state index contributed by atoms with van der Waals surface area (Å²) < 4.78 is 38.1. The van der Waals surface area contributed by atoms with Crippen LogP contribution >= 0.6 is 23.2 Å². The van der Waals surface area contributed by atoms with Gasteiger partial charge in [-0.05, 0) is 53.8 Å². The van der Waals surface area contributed by atoms with Gasteiger partial charge in [-0.15, -0.1) is 5.11 Å². The van der Waals surface area contributed by atoms with E-state index < -0.39 is 26.7 Å². The Morgan fingerprint density at radius 2 is 1.76 bits per heavy atom. The van der Waals surface area contributed by atoms with Gasteiger partial charge in [-0.25, -0.2) is 0 Å². The highest BCUT2D eigenvalue weighted by Crippen LogP contribution is 2.41. The number of aromatic hydroxyl groups is 1. The van der Waals surface area contributed by atoms with Crippen LogP contribution in [-0.2, 0) is 16.5 Å². The van der Waals surface area contributed by atoms with Gasteiger partial charge in [0, 0.05) is 11.1 Å². The molecule has 0 fully saturated rings. The Hall–Kier alpha value is -3.70. The second kappa shape index (κ2) is 11.0. The summed E-state index contributed by atoms with van der Waals surface area (Å²) in [5.41, 5.74) is 0.973. The fourth-order valence-electron chi connectivity index (χ4n) is 3.80. The fourth-order valence-corrected chi connectivity index (χ4v) is 5.10. The van der Waals surface area contributed by atoms with Crippen LogP contribution in [0.25, 0.3) is 10.8 Å². The first kappa shape index (κ1) is 27.3. The van der Waals surface area contributed by atoms with Crippen molar-refractivity contribution in [3.8, 4) is 11.5 Å². The molecule has 0 aliphatic heterocycles. The number of nitrogens with one attached hydrogen (secondary N) is 1. The van der Waals surface area contributed by atoms with E-state index in [1.807, 2.05) is 0 Å². The van der Waals surface area contributed by atoms with Crippen molar-refractivity contribution in [2.45, 2.75) is 18.2 Å². The summed E-state index contributed by atoms with van der Waals surface area (Å²) >= 11 is 12.2. The summed E-state index contributed by atoms with van der Waals surface area (Å²) in [6, 6.07) is 15.6. The molecule has 38 heavy (non-hydrogen) atoms. The molecule has 0 unspecified atom stereocenters. The van der Waals surface area contributed by atoms with E-state index in [2.05, 4.69) is 15.5 Å². The number of methoxy groups -OCH3 is 1. The number of benzene rings is 4. The molecule has 0 spiro atoms. The Bertz CT molecular complexity index is 1710. The highest BCUT2D eigenvalue weighted by Gasteiger charge is 2.20. The maximum Gasteiger partial charge on any atom is 0.296 e. The molecule has 12 heteroatoms. The van der Waals surface area contributed by atoms with Crippen molar-refractivity contribution >= 4 is 67.1 Å². The molecule has 0 atom stereocenters. The number of halogens is 2. The lowest BCUT2D eigenvalue weighted by Crippen LogP contribution is -2.12. The fraction of sp³-hybridized carbons (Fsp3) is 0.115. The molecule has 0 aliphatic rings. The first-order valence-corrected chi connectivity index (χ1v) is 13.3. The van der Waals surface area contributed by atoms with Crippen LogP contribution in [0.3, 0.4) is 0 Å². The second-order valence-corrected chi connectivity index (χ2v) is 10.3. The summed E-state index contributed by atoms with van der Waals surface area (Å²) in [6.07, 6.45) is 0.430. The number of aryl methyl sites for hydroxylation is 1. The minimum absolute atomic E-state index is 0.00794. The van der Waals surface area contributed by atoms with Gasteiger partial charge in [0.15, 0.2) is 5.75 Å². The second-order valence-electron chi connectivity index (χ2n) is 8.09. The zero-order valence-corrected chi connectivity index (χ0v) is 22.4. The first-order valence-electron chi connectivity index (χ1n) is 11.1. The number of nitrogens with zero attached hydrogens (tertiary/aromatic N) is 2. The molecule has 0 bridgehead atoms. The Labute approximate surface area is 228 Å². The van der Waals surface area contributed by atoms with Gasteiger partial charge in [-0.2, -0.15) is 13.5 Å². The molecule has 0 aliphatic carbocycles. The van der Waals surface area contributed by atoms with Crippen molar-refractivity contribution in [3.63, 3.8) is 0 Å². The average Bonchev–Trinajstić information content (AvgIpc) is 2.87. The zero-order valence-electron chi connectivity index (χ0n) is 20.1. The van der Waals surface area contributed by atoms with Crippen molar-refractivity contribution in [3.05, 3.63) is 81.8 Å². The van der Waals surface area contributed by atoms with Crippen LogP contribution in [0.5, 0.6) is 11.5 Å². The quantitative estimate of drug-likeness (QED) is 0.156. The van der Waals surface area contributed by atoms with Crippen LogP contribution in [0.15, 0.2) is 75.8 Å². The molecule has 0 saturated heterocycles. The zero-order chi connectivity index (χ0) is 27.6. The van der Waals surface area contributed by atoms with Crippen LogP contribution in [0.2, 0.25) is 10.0 Å². The Morgan fingerprint density at radius 3 is 2.42 bits per heavy atom. The Balaban J connectivity index is 1.81. The van der Waals surface area contributed by atoms with E-state index in [-0.39, 0.29) is 22.0 Å². The van der Waals surface area contributed by atoms with E-state index in [9.17, 15) is 22.9 Å². The maximum absolute atomic E-state index is 13.1. The molecule has 0 aromatic heterocycles. The van der Waals surface area contributed by atoms with Gasteiger partial charge in [-0.1, -0.05) is 54.4 Å². The number of amides is 1. The van der Waals surface area contributed by atoms with E-state index in [0.717, 1.165) is 6.07 Å². The van der Waals surface area contributed by atoms with Gasteiger partial charge in [0.05, 0.1) is 28.4 Å². The van der Waals surface area contributed by atoms with Gasteiger partial charge >= 0.3 is 0 Å². The number of anilines is 1. The smallest absolute Gasteiger partial charge is 0.296 e. The van der Waals surface area contributed by atoms with Crippen molar-refractivity contribution in [2.75, 3.05) is 12.4 Å². The predicted molar refractivity (Wildman–Crippen MR) is 146 cm³/mol. The van der Waals surface area contributed by atoms with E-state index in [0.29, 0.717) is 39.2 Å². The molecule has 0 saturated carbocycles. The minimum atomic E-state index is -4.62. The molecule has 9 nitrogen and oxygen atoms in total. The number of hydrogen-bond acceptors (Lipinski definition) is 7. The van der Waals surface area contributed by atoms with Crippen LogP contribution < -0.4 is 10.1 Å². The number of phenolic OH excluding ortho intramolecular Hbond substituents is 1. The van der Waals surface area contributed by atoms with Crippen LogP contribution in [-0.4, -0.2) is 31.1 Å². The predicted octanol–water partition coefficient (Wildman–Crippen LogP) is 7.34. The third-order valence-electron chi connectivity index (χ3n) is 5.70. The largest absolute Gasteiger partial charge is 0.505 e. The molecular weight excluding hydrogens is 553 g/mol. The summed E-state index contributed by atoms with van der Waals surface area (Å²) in [5.74, 6) is -0.626. The molecule has 4 aromatic carbocycles. The molecular formula is C26H21Cl2N3O6S. The molecule has 3 N–H and O–H groups in total. The van der Waals surface area contributed by atoms with Crippen molar-refractivity contribution in [1.82, 2.24) is 0 Å². The average molecular weight is 574 g/mol. The van der Waals surface area contributed by atoms with Crippen LogP contribution in [0.1, 0.15) is 22.8 Å². The summed E-state index contributed by atoms with van der Waals surface area (Å²) in [4.78, 5) is 12.6. The number of ether oxygens (including phenoxy) is 1. The van der Waals surface area contributed by atoms with Gasteiger partial charge in [0.2, 0.25) is 0 Å². The molecule has 1 amide bonds. The molecule has 0 radical (unpaired) electrons. The SMILES string of the molecule is CCc1cc(Cl)c(S(=O)(=O)O)cc1N=Nc1c(O)c(C(=O)Nc2ccc(OC)c(Cl)c2)cc2ccccc12. The topological polar surface area (TPSA) is 138 Å².